The predicted octanol–water partition coefficient (Wildman–Crippen LogP) is 5.95. The second-order valence-corrected chi connectivity index (χ2v) is 6.07. The molecule has 0 bridgehead atoms. The molecule has 0 aromatic heterocycles. The Morgan fingerprint density at radius 1 is 1.05 bits per heavy atom. The van der Waals surface area contributed by atoms with Crippen LogP contribution in [0.2, 0.25) is 10.0 Å². The van der Waals surface area contributed by atoms with Gasteiger partial charge in [-0.15, -0.1) is 0 Å². The molecule has 0 aliphatic rings. The lowest BCUT2D eigenvalue weighted by molar-refractivity contribution is 0.498. The smallest absolute Gasteiger partial charge is 0.162 e. The van der Waals surface area contributed by atoms with Gasteiger partial charge in [0.2, 0.25) is 0 Å². The summed E-state index contributed by atoms with van der Waals surface area (Å²) in [5.41, 5.74) is 1.12. The van der Waals surface area contributed by atoms with Gasteiger partial charge in [-0.05, 0) is 41.8 Å². The average molecular weight is 366 g/mol. The molecule has 0 amide bonds. The molecular formula is C14H9BrCl2F2. The van der Waals surface area contributed by atoms with Gasteiger partial charge in [-0.3, -0.25) is 0 Å². The van der Waals surface area contributed by atoms with Crippen molar-refractivity contribution < 1.29 is 8.78 Å². The molecule has 0 aliphatic heterocycles. The Labute approximate surface area is 128 Å². The number of halogens is 5. The summed E-state index contributed by atoms with van der Waals surface area (Å²) >= 11 is 15.3. The fraction of sp³-hybridized carbons (Fsp3) is 0.143. The zero-order valence-corrected chi connectivity index (χ0v) is 12.7. The molecule has 5 heteroatoms. The third-order valence-corrected chi connectivity index (χ3v) is 3.97. The first-order valence-corrected chi connectivity index (χ1v) is 7.17. The molecule has 0 radical (unpaired) electrons. The first-order valence-electron chi connectivity index (χ1n) is 5.50. The van der Waals surface area contributed by atoms with Crippen molar-refractivity contribution in [1.82, 2.24) is 0 Å². The SMILES string of the molecule is Fc1cccc(CC(Br)c2cc(Cl)cc(Cl)c2)c1F. The van der Waals surface area contributed by atoms with Crippen LogP contribution in [0.3, 0.4) is 0 Å². The Balaban J connectivity index is 2.25. The molecule has 0 saturated carbocycles. The maximum Gasteiger partial charge on any atom is 0.162 e. The Hall–Kier alpha value is -0.640. The molecule has 0 fully saturated rings. The summed E-state index contributed by atoms with van der Waals surface area (Å²) in [4.78, 5) is -0.194. The van der Waals surface area contributed by atoms with Crippen molar-refractivity contribution in [2.24, 2.45) is 0 Å². The van der Waals surface area contributed by atoms with Crippen molar-refractivity contribution >= 4 is 39.1 Å². The third kappa shape index (κ3) is 3.68. The highest BCUT2D eigenvalue weighted by molar-refractivity contribution is 9.09. The average Bonchev–Trinajstić information content (AvgIpc) is 2.33. The zero-order valence-electron chi connectivity index (χ0n) is 9.64. The van der Waals surface area contributed by atoms with Crippen LogP contribution in [-0.2, 0) is 6.42 Å². The Morgan fingerprint density at radius 3 is 2.32 bits per heavy atom. The number of hydrogen-bond donors (Lipinski definition) is 0. The molecular weight excluding hydrogens is 357 g/mol. The van der Waals surface area contributed by atoms with Crippen LogP contribution in [0, 0.1) is 11.6 Å². The standard InChI is InChI=1S/C14H9BrCl2F2/c15-12(9-4-10(16)7-11(17)5-9)6-8-2-1-3-13(18)14(8)19/h1-5,7,12H,6H2. The van der Waals surface area contributed by atoms with Crippen LogP contribution in [0.15, 0.2) is 36.4 Å². The van der Waals surface area contributed by atoms with Crippen LogP contribution in [0.4, 0.5) is 8.78 Å². The van der Waals surface area contributed by atoms with E-state index in [0.717, 1.165) is 11.6 Å². The van der Waals surface area contributed by atoms with E-state index in [1.54, 1.807) is 24.3 Å². The Bertz CT molecular complexity index is 582. The predicted molar refractivity (Wildman–Crippen MR) is 78.2 cm³/mol. The number of alkyl halides is 1. The van der Waals surface area contributed by atoms with Crippen LogP contribution in [0.5, 0.6) is 0 Å². The minimum atomic E-state index is -0.846. The maximum absolute atomic E-state index is 13.6. The van der Waals surface area contributed by atoms with Crippen molar-refractivity contribution in [2.45, 2.75) is 11.2 Å². The van der Waals surface area contributed by atoms with Gasteiger partial charge in [-0.25, -0.2) is 8.78 Å². The highest BCUT2D eigenvalue weighted by atomic mass is 79.9. The van der Waals surface area contributed by atoms with Gasteiger partial charge in [0.1, 0.15) is 0 Å². The molecule has 0 aliphatic carbocycles. The van der Waals surface area contributed by atoms with E-state index in [-0.39, 0.29) is 4.83 Å². The van der Waals surface area contributed by atoms with E-state index in [1.165, 1.54) is 6.07 Å². The minimum Gasteiger partial charge on any atom is -0.204 e. The molecule has 2 aromatic rings. The molecule has 1 atom stereocenters. The molecule has 1 unspecified atom stereocenters. The number of rotatable bonds is 3. The van der Waals surface area contributed by atoms with Gasteiger partial charge in [-0.1, -0.05) is 51.3 Å². The Kier molecular flexibility index (Phi) is 4.82. The van der Waals surface area contributed by atoms with E-state index in [0.29, 0.717) is 22.0 Å². The van der Waals surface area contributed by atoms with Crippen molar-refractivity contribution in [3.8, 4) is 0 Å². The molecule has 2 aromatic carbocycles. The molecule has 0 N–H and O–H groups in total. The number of hydrogen-bond acceptors (Lipinski definition) is 0. The van der Waals surface area contributed by atoms with Gasteiger partial charge in [0, 0.05) is 14.9 Å². The van der Waals surface area contributed by atoms with Crippen LogP contribution in [0.1, 0.15) is 16.0 Å². The van der Waals surface area contributed by atoms with Crippen LogP contribution >= 0.6 is 39.1 Å². The van der Waals surface area contributed by atoms with Gasteiger partial charge in [0.25, 0.3) is 0 Å². The molecule has 0 heterocycles. The first-order chi connectivity index (χ1) is 8.97. The summed E-state index contributed by atoms with van der Waals surface area (Å²) in [7, 11) is 0. The summed E-state index contributed by atoms with van der Waals surface area (Å²) in [5.74, 6) is -1.67. The van der Waals surface area contributed by atoms with E-state index in [1.807, 2.05) is 0 Å². The van der Waals surface area contributed by atoms with E-state index < -0.39 is 11.6 Å². The van der Waals surface area contributed by atoms with Gasteiger partial charge in [0.15, 0.2) is 11.6 Å². The molecule has 100 valence electrons. The third-order valence-electron chi connectivity index (χ3n) is 2.68. The summed E-state index contributed by atoms with van der Waals surface area (Å²) in [6.07, 6.45) is 0.306. The van der Waals surface area contributed by atoms with Crippen LogP contribution in [0.25, 0.3) is 0 Å². The summed E-state index contributed by atoms with van der Waals surface area (Å²) < 4.78 is 26.7. The highest BCUT2D eigenvalue weighted by Crippen LogP contribution is 2.32. The second kappa shape index (κ2) is 6.21. The highest BCUT2D eigenvalue weighted by Gasteiger charge is 2.14. The van der Waals surface area contributed by atoms with Crippen molar-refractivity contribution in [2.75, 3.05) is 0 Å². The van der Waals surface area contributed by atoms with Gasteiger partial charge >= 0.3 is 0 Å². The van der Waals surface area contributed by atoms with Crippen molar-refractivity contribution in [3.05, 3.63) is 69.2 Å². The fourth-order valence-electron chi connectivity index (χ4n) is 1.77. The first kappa shape index (κ1) is 14.8. The maximum atomic E-state index is 13.6. The van der Waals surface area contributed by atoms with Gasteiger partial charge in [0.05, 0.1) is 0 Å². The normalized spacial score (nSPS) is 12.5. The lowest BCUT2D eigenvalue weighted by Crippen LogP contribution is -2.00. The van der Waals surface area contributed by atoms with Gasteiger partial charge < -0.3 is 0 Å². The largest absolute Gasteiger partial charge is 0.204 e. The Morgan fingerprint density at radius 2 is 1.68 bits per heavy atom. The van der Waals surface area contributed by atoms with E-state index in [9.17, 15) is 8.78 Å². The monoisotopic (exact) mass is 364 g/mol. The van der Waals surface area contributed by atoms with E-state index in [4.69, 9.17) is 23.2 Å². The summed E-state index contributed by atoms with van der Waals surface area (Å²) in [5, 5.41) is 1.01. The van der Waals surface area contributed by atoms with Crippen LogP contribution in [-0.4, -0.2) is 0 Å². The molecule has 19 heavy (non-hydrogen) atoms. The van der Waals surface area contributed by atoms with E-state index in [2.05, 4.69) is 15.9 Å². The lowest BCUT2D eigenvalue weighted by atomic mass is 10.0. The molecule has 0 nitrogen and oxygen atoms in total. The zero-order chi connectivity index (χ0) is 14.0. The van der Waals surface area contributed by atoms with Gasteiger partial charge in [-0.2, -0.15) is 0 Å². The minimum absolute atomic E-state index is 0.194. The molecule has 0 saturated heterocycles. The summed E-state index contributed by atoms with van der Waals surface area (Å²) in [6.45, 7) is 0. The van der Waals surface area contributed by atoms with Crippen molar-refractivity contribution in [1.29, 1.82) is 0 Å². The topological polar surface area (TPSA) is 0 Å². The number of benzene rings is 2. The second-order valence-electron chi connectivity index (χ2n) is 4.09. The molecule has 0 spiro atoms. The lowest BCUT2D eigenvalue weighted by Gasteiger charge is -2.12. The molecule has 2 rings (SSSR count). The van der Waals surface area contributed by atoms with Crippen molar-refractivity contribution in [3.63, 3.8) is 0 Å². The summed E-state index contributed by atoms with van der Waals surface area (Å²) in [6, 6.07) is 9.23. The van der Waals surface area contributed by atoms with Crippen LogP contribution < -0.4 is 0 Å². The van der Waals surface area contributed by atoms with E-state index >= 15 is 0 Å². The fourth-order valence-corrected chi connectivity index (χ4v) is 2.93. The quantitative estimate of drug-likeness (QED) is 0.589.